The zero-order chi connectivity index (χ0) is 23.1. The molecule has 0 unspecified atom stereocenters. The van der Waals surface area contributed by atoms with Gasteiger partial charge in [-0.2, -0.15) is 5.01 Å². The van der Waals surface area contributed by atoms with Crippen molar-refractivity contribution in [1.29, 1.82) is 0 Å². The monoisotopic (exact) mass is 478 g/mol. The molecular formula is C24H22N4O3S2. The smallest absolute Gasteiger partial charge is 0.275 e. The van der Waals surface area contributed by atoms with Crippen molar-refractivity contribution in [3.05, 3.63) is 63.1 Å². The molecule has 0 aromatic carbocycles. The maximum atomic E-state index is 12.5. The minimum Gasteiger partial charge on any atom is -0.501 e. The average molecular weight is 479 g/mol. The Kier molecular flexibility index (Phi) is 5.59. The quantitative estimate of drug-likeness (QED) is 0.493. The lowest BCUT2D eigenvalue weighted by atomic mass is 9.98. The van der Waals surface area contributed by atoms with Crippen LogP contribution in [0, 0.1) is 6.92 Å². The van der Waals surface area contributed by atoms with Gasteiger partial charge in [0.25, 0.3) is 11.8 Å². The Bertz CT molecular complexity index is 1370. The first-order valence-electron chi connectivity index (χ1n) is 10.5. The number of nitrogens with zero attached hydrogens (tertiary/aromatic N) is 3. The topological polar surface area (TPSA) is 84.4 Å². The predicted octanol–water partition coefficient (Wildman–Crippen LogP) is 5.16. The van der Waals surface area contributed by atoms with Gasteiger partial charge in [-0.25, -0.2) is 9.97 Å². The first-order valence-corrected chi connectivity index (χ1v) is 12.2. The highest BCUT2D eigenvalue weighted by Crippen LogP contribution is 2.38. The number of ether oxygens (including phenoxy) is 1. The molecule has 0 radical (unpaired) electrons. The molecule has 4 heterocycles. The zero-order valence-corrected chi connectivity index (χ0v) is 20.1. The molecule has 9 heteroatoms. The van der Waals surface area contributed by atoms with Gasteiger partial charge in [0.05, 0.1) is 23.1 Å². The van der Waals surface area contributed by atoms with Crippen LogP contribution >= 0.6 is 22.7 Å². The van der Waals surface area contributed by atoms with Crippen molar-refractivity contribution in [2.45, 2.75) is 33.1 Å². The van der Waals surface area contributed by atoms with E-state index in [1.54, 1.807) is 36.7 Å². The first kappa shape index (κ1) is 21.5. The Morgan fingerprint density at radius 2 is 2.03 bits per heavy atom. The Morgan fingerprint density at radius 1 is 1.18 bits per heavy atom. The second kappa shape index (κ2) is 8.57. The molecule has 168 valence electrons. The van der Waals surface area contributed by atoms with Gasteiger partial charge in [-0.05, 0) is 43.4 Å². The lowest BCUT2D eigenvalue weighted by Crippen LogP contribution is -2.36. The van der Waals surface area contributed by atoms with E-state index in [1.165, 1.54) is 16.5 Å². The molecule has 5 rings (SSSR count). The highest BCUT2D eigenvalue weighted by Gasteiger charge is 2.30. The number of hydrogen-bond donors (Lipinski definition) is 1. The van der Waals surface area contributed by atoms with Crippen LogP contribution in [0.15, 0.2) is 52.6 Å². The van der Waals surface area contributed by atoms with Gasteiger partial charge in [-0.1, -0.05) is 17.7 Å². The predicted molar refractivity (Wildman–Crippen MR) is 131 cm³/mol. The molecule has 2 amide bonds. The maximum absolute atomic E-state index is 12.5. The second-order valence-corrected chi connectivity index (χ2v) is 9.99. The standard InChI is InChI=1S/C24H22N4O3S2/c1-13-11-19(29)28(24(13)30)27-22-20-14(2)18(12-15-6-8-16(31-3)9-7-15)33-23(20)26-21(25-22)17-5-4-10-32-17/h4-6,8,10-11H,7,9,12H2,1-3H3,(H,25,26,27). The number of methoxy groups -OCH3 is 1. The summed E-state index contributed by atoms with van der Waals surface area (Å²) in [5, 5.41) is 3.83. The van der Waals surface area contributed by atoms with Crippen molar-refractivity contribution in [2.75, 3.05) is 12.5 Å². The third-order valence-electron chi connectivity index (χ3n) is 5.80. The molecule has 0 atom stereocenters. The average Bonchev–Trinajstić information content (AvgIpc) is 3.51. The Morgan fingerprint density at radius 3 is 2.67 bits per heavy atom. The van der Waals surface area contributed by atoms with E-state index in [1.807, 2.05) is 30.5 Å². The third kappa shape index (κ3) is 3.98. The van der Waals surface area contributed by atoms with Gasteiger partial charge in [0.2, 0.25) is 0 Å². The number of amides is 2. The summed E-state index contributed by atoms with van der Waals surface area (Å²) in [7, 11) is 1.70. The zero-order valence-electron chi connectivity index (χ0n) is 18.5. The van der Waals surface area contributed by atoms with Gasteiger partial charge in [-0.15, -0.1) is 22.7 Å². The van der Waals surface area contributed by atoms with Crippen LogP contribution in [0.1, 0.15) is 30.2 Å². The first-order chi connectivity index (χ1) is 15.9. The van der Waals surface area contributed by atoms with Crippen LogP contribution in [0.5, 0.6) is 0 Å². The summed E-state index contributed by atoms with van der Waals surface area (Å²) in [6.07, 6.45) is 8.15. The number of thiophene rings is 2. The summed E-state index contributed by atoms with van der Waals surface area (Å²) < 4.78 is 5.34. The number of nitrogens with one attached hydrogen (secondary N) is 1. The van der Waals surface area contributed by atoms with Gasteiger partial charge >= 0.3 is 0 Å². The van der Waals surface area contributed by atoms with E-state index in [-0.39, 0.29) is 5.91 Å². The molecule has 2 aliphatic rings. The molecule has 33 heavy (non-hydrogen) atoms. The van der Waals surface area contributed by atoms with E-state index < -0.39 is 5.91 Å². The fourth-order valence-corrected chi connectivity index (χ4v) is 5.82. The minimum atomic E-state index is -0.400. The van der Waals surface area contributed by atoms with E-state index in [2.05, 4.69) is 11.5 Å². The number of allylic oxidation sites excluding steroid dienone is 4. The number of imide groups is 1. The number of rotatable bonds is 6. The fraction of sp³-hybridized carbons (Fsp3) is 0.250. The van der Waals surface area contributed by atoms with E-state index in [4.69, 9.17) is 14.7 Å². The van der Waals surface area contributed by atoms with Crippen molar-refractivity contribution >= 4 is 50.5 Å². The van der Waals surface area contributed by atoms with E-state index in [0.717, 1.165) is 50.7 Å². The number of fused-ring (bicyclic) bond motifs is 1. The van der Waals surface area contributed by atoms with Gasteiger partial charge < -0.3 is 4.74 Å². The summed E-state index contributed by atoms with van der Waals surface area (Å²) >= 11 is 3.18. The highest BCUT2D eigenvalue weighted by atomic mass is 32.1. The number of carbonyl (C=O) groups excluding carboxylic acids is 2. The molecule has 0 saturated heterocycles. The number of hydrazine groups is 1. The molecular weight excluding hydrogens is 456 g/mol. The van der Waals surface area contributed by atoms with Crippen LogP contribution in [-0.2, 0) is 20.7 Å². The molecule has 1 aliphatic carbocycles. The summed E-state index contributed by atoms with van der Waals surface area (Å²) in [6, 6.07) is 3.91. The molecule has 3 aromatic rings. The van der Waals surface area contributed by atoms with Crippen LogP contribution < -0.4 is 5.43 Å². The third-order valence-corrected chi connectivity index (χ3v) is 7.85. The lowest BCUT2D eigenvalue weighted by Gasteiger charge is -2.17. The van der Waals surface area contributed by atoms with Crippen molar-refractivity contribution < 1.29 is 14.3 Å². The van der Waals surface area contributed by atoms with Gasteiger partial charge in [-0.3, -0.25) is 15.0 Å². The fourth-order valence-electron chi connectivity index (χ4n) is 3.93. The molecule has 1 aliphatic heterocycles. The number of carbonyl (C=O) groups is 2. The maximum Gasteiger partial charge on any atom is 0.275 e. The van der Waals surface area contributed by atoms with E-state index in [0.29, 0.717) is 17.2 Å². The summed E-state index contributed by atoms with van der Waals surface area (Å²) in [6.45, 7) is 3.67. The summed E-state index contributed by atoms with van der Waals surface area (Å²) in [5.74, 6) is 1.26. The number of hydrogen-bond acceptors (Lipinski definition) is 8. The van der Waals surface area contributed by atoms with Crippen LogP contribution in [0.3, 0.4) is 0 Å². The molecule has 0 spiro atoms. The highest BCUT2D eigenvalue weighted by molar-refractivity contribution is 7.19. The van der Waals surface area contributed by atoms with E-state index in [9.17, 15) is 9.59 Å². The molecule has 0 fully saturated rings. The van der Waals surface area contributed by atoms with Crippen molar-refractivity contribution in [2.24, 2.45) is 0 Å². The molecule has 3 aromatic heterocycles. The van der Waals surface area contributed by atoms with Crippen LogP contribution in [-0.4, -0.2) is 33.9 Å². The van der Waals surface area contributed by atoms with Gasteiger partial charge in [0, 0.05) is 29.4 Å². The molecule has 1 N–H and O–H groups in total. The van der Waals surface area contributed by atoms with Crippen molar-refractivity contribution in [1.82, 2.24) is 15.0 Å². The Labute approximate surface area is 199 Å². The Balaban J connectivity index is 1.57. The number of aromatic nitrogens is 2. The minimum absolute atomic E-state index is 0.370. The van der Waals surface area contributed by atoms with Crippen LogP contribution in [0.4, 0.5) is 5.82 Å². The number of aryl methyl sites for hydroxylation is 1. The van der Waals surface area contributed by atoms with Gasteiger partial charge in [0.15, 0.2) is 11.6 Å². The summed E-state index contributed by atoms with van der Waals surface area (Å²) in [5.41, 5.74) is 5.77. The number of anilines is 1. The Hall–Kier alpha value is -3.30. The second-order valence-electron chi connectivity index (χ2n) is 7.96. The van der Waals surface area contributed by atoms with Crippen molar-refractivity contribution in [3.8, 4) is 10.7 Å². The molecule has 7 nitrogen and oxygen atoms in total. The van der Waals surface area contributed by atoms with Gasteiger partial charge in [0.1, 0.15) is 4.83 Å². The van der Waals surface area contributed by atoms with Crippen LogP contribution in [0.25, 0.3) is 20.9 Å². The largest absolute Gasteiger partial charge is 0.501 e. The van der Waals surface area contributed by atoms with E-state index >= 15 is 0 Å². The molecule has 0 saturated carbocycles. The van der Waals surface area contributed by atoms with Crippen molar-refractivity contribution in [3.63, 3.8) is 0 Å². The molecule has 0 bridgehead atoms. The summed E-state index contributed by atoms with van der Waals surface area (Å²) in [4.78, 5) is 37.4. The normalized spacial score (nSPS) is 16.2. The SMILES string of the molecule is COC1=CC=C(Cc2sc3nc(-c4cccs4)nc(NN4C(=O)C=C(C)C4=O)c3c2C)CC1. The van der Waals surface area contributed by atoms with Crippen LogP contribution in [0.2, 0.25) is 0 Å². The lowest BCUT2D eigenvalue weighted by molar-refractivity contribution is -0.135.